The fourth-order valence-corrected chi connectivity index (χ4v) is 1.64. The van der Waals surface area contributed by atoms with Crippen molar-refractivity contribution in [2.45, 2.75) is 0 Å². The van der Waals surface area contributed by atoms with Crippen molar-refractivity contribution in [1.29, 1.82) is 0 Å². The first-order valence-corrected chi connectivity index (χ1v) is 6.19. The largest absolute Gasteiger partial charge is 0.492 e. The molecule has 20 heavy (non-hydrogen) atoms. The highest BCUT2D eigenvalue weighted by Gasteiger charge is 2.08. The molecule has 0 aliphatic carbocycles. The lowest BCUT2D eigenvalue weighted by molar-refractivity contribution is 0.102. The number of carbonyl (C=O) groups excluding carboxylic acids is 1. The lowest BCUT2D eigenvalue weighted by atomic mass is 10.2. The summed E-state index contributed by atoms with van der Waals surface area (Å²) in [5, 5.41) is 2.51. The molecule has 0 aliphatic heterocycles. The second-order valence-corrected chi connectivity index (χ2v) is 4.10. The van der Waals surface area contributed by atoms with Crippen LogP contribution in [0.2, 0.25) is 0 Å². The summed E-state index contributed by atoms with van der Waals surface area (Å²) in [5.74, 6) is -0.206. The van der Waals surface area contributed by atoms with Crippen LogP contribution in [-0.2, 0) is 0 Å². The van der Waals surface area contributed by atoms with Crippen LogP contribution in [0.4, 0.5) is 10.1 Å². The number of hydrogen-bond donors (Lipinski definition) is 2. The molecule has 0 radical (unpaired) electrons. The number of hydrogen-bond acceptors (Lipinski definition) is 3. The van der Waals surface area contributed by atoms with Crippen molar-refractivity contribution in [2.75, 3.05) is 18.5 Å². The van der Waals surface area contributed by atoms with Crippen molar-refractivity contribution in [3.63, 3.8) is 0 Å². The monoisotopic (exact) mass is 274 g/mol. The Hall–Kier alpha value is -2.40. The first-order valence-electron chi connectivity index (χ1n) is 6.19. The zero-order valence-electron chi connectivity index (χ0n) is 10.8. The van der Waals surface area contributed by atoms with Crippen LogP contribution in [-0.4, -0.2) is 19.1 Å². The highest BCUT2D eigenvalue weighted by Crippen LogP contribution is 2.16. The van der Waals surface area contributed by atoms with Gasteiger partial charge in [-0.1, -0.05) is 12.1 Å². The zero-order chi connectivity index (χ0) is 14.4. The van der Waals surface area contributed by atoms with Gasteiger partial charge in [-0.15, -0.1) is 0 Å². The van der Waals surface area contributed by atoms with E-state index in [2.05, 4.69) is 5.32 Å². The first-order chi connectivity index (χ1) is 9.70. The SMILES string of the molecule is NCCOc1ccc(C(=O)Nc2ccccc2F)cc1. The fourth-order valence-electron chi connectivity index (χ4n) is 1.64. The summed E-state index contributed by atoms with van der Waals surface area (Å²) in [7, 11) is 0. The molecule has 5 heteroatoms. The van der Waals surface area contributed by atoms with Crippen LogP contribution in [0, 0.1) is 5.82 Å². The molecule has 0 fully saturated rings. The minimum absolute atomic E-state index is 0.154. The molecular formula is C15H15FN2O2. The Labute approximate surface area is 116 Å². The number of ether oxygens (including phenoxy) is 1. The molecular weight excluding hydrogens is 259 g/mol. The van der Waals surface area contributed by atoms with Gasteiger partial charge in [0.2, 0.25) is 0 Å². The van der Waals surface area contributed by atoms with E-state index in [1.54, 1.807) is 36.4 Å². The summed E-state index contributed by atoms with van der Waals surface area (Å²) in [6.07, 6.45) is 0. The van der Waals surface area contributed by atoms with Crippen LogP contribution in [0.3, 0.4) is 0 Å². The van der Waals surface area contributed by atoms with E-state index in [4.69, 9.17) is 10.5 Å². The number of amides is 1. The Morgan fingerprint density at radius 3 is 2.50 bits per heavy atom. The molecule has 0 aromatic heterocycles. The third-order valence-electron chi connectivity index (χ3n) is 2.63. The maximum atomic E-state index is 13.4. The molecule has 2 aromatic carbocycles. The lowest BCUT2D eigenvalue weighted by Crippen LogP contribution is -2.13. The van der Waals surface area contributed by atoms with Crippen molar-refractivity contribution >= 4 is 11.6 Å². The quantitative estimate of drug-likeness (QED) is 0.880. The molecule has 0 heterocycles. The highest BCUT2D eigenvalue weighted by atomic mass is 19.1. The van der Waals surface area contributed by atoms with Crippen LogP contribution in [0.1, 0.15) is 10.4 Å². The summed E-state index contributed by atoms with van der Waals surface area (Å²) in [5.41, 5.74) is 5.91. The topological polar surface area (TPSA) is 64.3 Å². The number of carbonyl (C=O) groups is 1. The predicted molar refractivity (Wildman–Crippen MR) is 75.3 cm³/mol. The predicted octanol–water partition coefficient (Wildman–Crippen LogP) is 2.42. The van der Waals surface area contributed by atoms with Gasteiger partial charge in [-0.25, -0.2) is 4.39 Å². The molecule has 0 bridgehead atoms. The third-order valence-corrected chi connectivity index (χ3v) is 2.63. The number of anilines is 1. The van der Waals surface area contributed by atoms with E-state index in [1.807, 2.05) is 0 Å². The fraction of sp³-hybridized carbons (Fsp3) is 0.133. The molecule has 2 aromatic rings. The van der Waals surface area contributed by atoms with E-state index < -0.39 is 5.82 Å². The second kappa shape index (κ2) is 6.68. The average Bonchev–Trinajstić information content (AvgIpc) is 2.48. The standard InChI is InChI=1S/C15H15FN2O2/c16-13-3-1-2-4-14(13)18-15(19)11-5-7-12(8-6-11)20-10-9-17/h1-8H,9-10,17H2,(H,18,19). The van der Waals surface area contributed by atoms with Crippen LogP contribution in [0.15, 0.2) is 48.5 Å². The Balaban J connectivity index is 2.04. The van der Waals surface area contributed by atoms with E-state index in [1.165, 1.54) is 12.1 Å². The summed E-state index contributed by atoms with van der Waals surface area (Å²) in [6.45, 7) is 0.844. The van der Waals surface area contributed by atoms with Gasteiger partial charge in [0, 0.05) is 12.1 Å². The van der Waals surface area contributed by atoms with E-state index in [9.17, 15) is 9.18 Å². The third kappa shape index (κ3) is 3.55. The van der Waals surface area contributed by atoms with Gasteiger partial charge in [0.05, 0.1) is 5.69 Å². The maximum absolute atomic E-state index is 13.4. The normalized spacial score (nSPS) is 10.1. The Kier molecular flexibility index (Phi) is 4.68. The Morgan fingerprint density at radius 1 is 1.15 bits per heavy atom. The van der Waals surface area contributed by atoms with Crippen molar-refractivity contribution < 1.29 is 13.9 Å². The van der Waals surface area contributed by atoms with Crippen molar-refractivity contribution in [3.05, 3.63) is 59.9 Å². The molecule has 2 rings (SSSR count). The van der Waals surface area contributed by atoms with E-state index in [-0.39, 0.29) is 11.6 Å². The number of nitrogens with one attached hydrogen (secondary N) is 1. The van der Waals surface area contributed by atoms with Crippen LogP contribution < -0.4 is 15.8 Å². The summed E-state index contributed by atoms with van der Waals surface area (Å²) >= 11 is 0. The summed E-state index contributed by atoms with van der Waals surface area (Å²) < 4.78 is 18.7. The molecule has 3 N–H and O–H groups in total. The Bertz CT molecular complexity index is 585. The number of rotatable bonds is 5. The number of para-hydroxylation sites is 1. The summed E-state index contributed by atoms with van der Waals surface area (Å²) in [4.78, 5) is 12.0. The number of nitrogens with two attached hydrogens (primary N) is 1. The molecule has 0 atom stereocenters. The molecule has 0 spiro atoms. The molecule has 1 amide bonds. The van der Waals surface area contributed by atoms with E-state index in [0.717, 1.165) is 0 Å². The van der Waals surface area contributed by atoms with Gasteiger partial charge in [-0.2, -0.15) is 0 Å². The van der Waals surface area contributed by atoms with Crippen LogP contribution in [0.25, 0.3) is 0 Å². The zero-order valence-corrected chi connectivity index (χ0v) is 10.8. The highest BCUT2D eigenvalue weighted by molar-refractivity contribution is 6.04. The molecule has 4 nitrogen and oxygen atoms in total. The molecule has 0 saturated heterocycles. The van der Waals surface area contributed by atoms with Gasteiger partial charge in [0.25, 0.3) is 5.91 Å². The average molecular weight is 274 g/mol. The van der Waals surface area contributed by atoms with Crippen molar-refractivity contribution in [2.24, 2.45) is 5.73 Å². The number of benzene rings is 2. The van der Waals surface area contributed by atoms with Crippen molar-refractivity contribution in [1.82, 2.24) is 0 Å². The van der Waals surface area contributed by atoms with Gasteiger partial charge in [-0.3, -0.25) is 4.79 Å². The van der Waals surface area contributed by atoms with Gasteiger partial charge in [0.15, 0.2) is 0 Å². The molecule has 104 valence electrons. The first kappa shape index (κ1) is 14.0. The van der Waals surface area contributed by atoms with E-state index >= 15 is 0 Å². The smallest absolute Gasteiger partial charge is 0.255 e. The lowest BCUT2D eigenvalue weighted by Gasteiger charge is -2.07. The Morgan fingerprint density at radius 2 is 1.85 bits per heavy atom. The number of halogens is 1. The minimum Gasteiger partial charge on any atom is -0.492 e. The van der Waals surface area contributed by atoms with Crippen molar-refractivity contribution in [3.8, 4) is 5.75 Å². The van der Waals surface area contributed by atoms with Gasteiger partial charge >= 0.3 is 0 Å². The molecule has 0 aliphatic rings. The second-order valence-electron chi connectivity index (χ2n) is 4.10. The summed E-state index contributed by atoms with van der Waals surface area (Å²) in [6, 6.07) is 12.6. The minimum atomic E-state index is -0.469. The van der Waals surface area contributed by atoms with Crippen LogP contribution >= 0.6 is 0 Å². The van der Waals surface area contributed by atoms with Gasteiger partial charge < -0.3 is 15.8 Å². The van der Waals surface area contributed by atoms with Crippen LogP contribution in [0.5, 0.6) is 5.75 Å². The maximum Gasteiger partial charge on any atom is 0.255 e. The van der Waals surface area contributed by atoms with Gasteiger partial charge in [0.1, 0.15) is 18.2 Å². The molecule has 0 saturated carbocycles. The molecule has 0 unspecified atom stereocenters. The van der Waals surface area contributed by atoms with Gasteiger partial charge in [-0.05, 0) is 36.4 Å². The van der Waals surface area contributed by atoms with E-state index in [0.29, 0.717) is 24.5 Å².